The van der Waals surface area contributed by atoms with Crippen molar-refractivity contribution in [1.82, 2.24) is 0 Å². The van der Waals surface area contributed by atoms with E-state index in [0.29, 0.717) is 0 Å². The molecule has 0 radical (unpaired) electrons. The van der Waals surface area contributed by atoms with E-state index in [-0.39, 0.29) is 0 Å². The maximum Gasteiger partial charge on any atom is 0.351 e. The van der Waals surface area contributed by atoms with Crippen LogP contribution >= 0.6 is 0 Å². The van der Waals surface area contributed by atoms with Crippen molar-refractivity contribution in [1.29, 1.82) is 0 Å². The van der Waals surface area contributed by atoms with Gasteiger partial charge in [-0.1, -0.05) is 30.3 Å². The summed E-state index contributed by atoms with van der Waals surface area (Å²) in [5, 5.41) is 1.33. The molecule has 74 valence electrons. The summed E-state index contributed by atoms with van der Waals surface area (Å²) in [6.07, 6.45) is 3.20. The molecule has 0 heterocycles. The molecule has 0 spiro atoms. The van der Waals surface area contributed by atoms with Crippen LogP contribution in [0.2, 0.25) is 0 Å². The van der Waals surface area contributed by atoms with Crippen LogP contribution < -0.4 is 0 Å². The highest BCUT2D eigenvalue weighted by Gasteiger charge is 2.22. The second-order valence-electron chi connectivity index (χ2n) is 3.40. The molecule has 1 aromatic rings. The summed E-state index contributed by atoms with van der Waals surface area (Å²) in [5.41, 5.74) is 2.70. The lowest BCUT2D eigenvalue weighted by Crippen LogP contribution is -2.22. The first-order valence-electron chi connectivity index (χ1n) is 4.69. The quantitative estimate of drug-likeness (QED) is 0.701. The highest BCUT2D eigenvalue weighted by atomic mass is 28.3. The highest BCUT2D eigenvalue weighted by molar-refractivity contribution is 6.55. The van der Waals surface area contributed by atoms with Crippen molar-refractivity contribution >= 4 is 15.4 Å². The fourth-order valence-electron chi connectivity index (χ4n) is 1.86. The fourth-order valence-corrected chi connectivity index (χ4v) is 3.36. The summed E-state index contributed by atoms with van der Waals surface area (Å²) >= 11 is 0. The van der Waals surface area contributed by atoms with Crippen molar-refractivity contribution in [3.8, 4) is 0 Å². The van der Waals surface area contributed by atoms with Crippen molar-refractivity contribution in [2.75, 3.05) is 14.2 Å². The van der Waals surface area contributed by atoms with Gasteiger partial charge in [-0.05, 0) is 22.7 Å². The van der Waals surface area contributed by atoms with Crippen LogP contribution in [-0.4, -0.2) is 23.5 Å². The third kappa shape index (κ3) is 1.66. The Bertz CT molecular complexity index is 356. The van der Waals surface area contributed by atoms with Gasteiger partial charge < -0.3 is 8.85 Å². The average molecular weight is 206 g/mol. The summed E-state index contributed by atoms with van der Waals surface area (Å²) in [6, 6.07) is 8.44. The van der Waals surface area contributed by atoms with E-state index in [0.717, 1.165) is 6.42 Å². The van der Waals surface area contributed by atoms with Crippen LogP contribution in [0.25, 0.3) is 6.08 Å². The molecule has 0 amide bonds. The zero-order valence-corrected chi connectivity index (χ0v) is 9.64. The molecule has 3 heteroatoms. The zero-order valence-electron chi connectivity index (χ0n) is 8.49. The second-order valence-corrected chi connectivity index (χ2v) is 5.75. The fraction of sp³-hybridized carbons (Fsp3) is 0.273. The van der Waals surface area contributed by atoms with E-state index in [9.17, 15) is 0 Å². The first-order valence-corrected chi connectivity index (χ1v) is 6.21. The third-order valence-corrected chi connectivity index (χ3v) is 4.35. The minimum Gasteiger partial charge on any atom is -0.397 e. The molecule has 0 bridgehead atoms. The zero-order chi connectivity index (χ0) is 9.97. The Morgan fingerprint density at radius 1 is 1.14 bits per heavy atom. The van der Waals surface area contributed by atoms with Gasteiger partial charge in [-0.25, -0.2) is 0 Å². The molecule has 0 saturated carbocycles. The Labute approximate surface area is 86.0 Å². The van der Waals surface area contributed by atoms with Crippen molar-refractivity contribution in [3.05, 3.63) is 40.6 Å². The molecule has 2 nitrogen and oxygen atoms in total. The van der Waals surface area contributed by atoms with Crippen LogP contribution in [0.4, 0.5) is 0 Å². The van der Waals surface area contributed by atoms with Gasteiger partial charge in [0, 0.05) is 14.2 Å². The third-order valence-electron chi connectivity index (χ3n) is 2.52. The second kappa shape index (κ2) is 4.08. The van der Waals surface area contributed by atoms with Crippen molar-refractivity contribution in [2.24, 2.45) is 0 Å². The van der Waals surface area contributed by atoms with Crippen LogP contribution in [0.5, 0.6) is 0 Å². The number of benzene rings is 1. The van der Waals surface area contributed by atoms with Crippen molar-refractivity contribution in [3.63, 3.8) is 0 Å². The van der Waals surface area contributed by atoms with Gasteiger partial charge in [0.05, 0.1) is 0 Å². The molecule has 0 aromatic heterocycles. The molecule has 0 aliphatic heterocycles. The van der Waals surface area contributed by atoms with E-state index in [4.69, 9.17) is 8.85 Å². The number of rotatable bonds is 3. The summed E-state index contributed by atoms with van der Waals surface area (Å²) in [6.45, 7) is 0. The molecule has 2 rings (SSSR count). The van der Waals surface area contributed by atoms with E-state index in [2.05, 4.69) is 30.3 Å². The first-order chi connectivity index (χ1) is 6.85. The van der Waals surface area contributed by atoms with Gasteiger partial charge >= 0.3 is 9.28 Å². The summed E-state index contributed by atoms with van der Waals surface area (Å²) < 4.78 is 10.7. The predicted octanol–water partition coefficient (Wildman–Crippen LogP) is 1.68. The van der Waals surface area contributed by atoms with Gasteiger partial charge in [0.2, 0.25) is 0 Å². The minimum atomic E-state index is -1.57. The number of allylic oxidation sites excluding steroid dienone is 1. The molecule has 14 heavy (non-hydrogen) atoms. The summed E-state index contributed by atoms with van der Waals surface area (Å²) in [7, 11) is 1.88. The first kappa shape index (κ1) is 9.64. The average Bonchev–Trinajstić information content (AvgIpc) is 2.63. The molecular weight excluding hydrogens is 192 g/mol. The van der Waals surface area contributed by atoms with Gasteiger partial charge in [-0.2, -0.15) is 0 Å². The lowest BCUT2D eigenvalue weighted by atomic mass is 10.1. The van der Waals surface area contributed by atoms with E-state index in [1.165, 1.54) is 16.3 Å². The van der Waals surface area contributed by atoms with Gasteiger partial charge in [-0.3, -0.25) is 0 Å². The Hall–Kier alpha value is -0.903. The monoisotopic (exact) mass is 206 g/mol. The maximum atomic E-state index is 5.36. The van der Waals surface area contributed by atoms with E-state index in [1.807, 2.05) is 0 Å². The van der Waals surface area contributed by atoms with E-state index in [1.54, 1.807) is 14.2 Å². The Morgan fingerprint density at radius 2 is 1.86 bits per heavy atom. The van der Waals surface area contributed by atoms with Gasteiger partial charge in [-0.15, -0.1) is 0 Å². The molecule has 0 fully saturated rings. The Morgan fingerprint density at radius 3 is 2.50 bits per heavy atom. The SMILES string of the molecule is CO[SiH](OC)C1=Cc2ccccc2C1. The van der Waals surface area contributed by atoms with Gasteiger partial charge in [0.1, 0.15) is 0 Å². The molecule has 0 saturated heterocycles. The van der Waals surface area contributed by atoms with E-state index < -0.39 is 9.28 Å². The van der Waals surface area contributed by atoms with Crippen LogP contribution in [-0.2, 0) is 15.3 Å². The standard InChI is InChI=1S/C11H14O2Si/c1-12-14(13-2)11-7-9-5-3-4-6-10(9)8-11/h3-7,14H,8H2,1-2H3. The van der Waals surface area contributed by atoms with Crippen molar-refractivity contribution < 1.29 is 8.85 Å². The van der Waals surface area contributed by atoms with Crippen LogP contribution in [0.15, 0.2) is 29.5 Å². The number of hydrogen-bond acceptors (Lipinski definition) is 2. The molecule has 1 aromatic carbocycles. The smallest absolute Gasteiger partial charge is 0.351 e. The predicted molar refractivity (Wildman–Crippen MR) is 59.3 cm³/mol. The summed E-state index contributed by atoms with van der Waals surface area (Å²) in [5.74, 6) is 0. The number of hydrogen-bond donors (Lipinski definition) is 0. The van der Waals surface area contributed by atoms with Crippen LogP contribution in [0.3, 0.4) is 0 Å². The van der Waals surface area contributed by atoms with Crippen molar-refractivity contribution in [2.45, 2.75) is 6.42 Å². The molecular formula is C11H14O2Si. The van der Waals surface area contributed by atoms with Gasteiger partial charge in [0.25, 0.3) is 0 Å². The Balaban J connectivity index is 2.22. The molecule has 0 unspecified atom stereocenters. The largest absolute Gasteiger partial charge is 0.397 e. The Kier molecular flexibility index (Phi) is 2.81. The molecule has 0 N–H and O–H groups in total. The highest BCUT2D eigenvalue weighted by Crippen LogP contribution is 2.26. The van der Waals surface area contributed by atoms with Crippen LogP contribution in [0, 0.1) is 0 Å². The van der Waals surface area contributed by atoms with Crippen LogP contribution in [0.1, 0.15) is 11.1 Å². The van der Waals surface area contributed by atoms with E-state index >= 15 is 0 Å². The minimum absolute atomic E-state index is 0.995. The molecule has 0 atom stereocenters. The molecule has 1 aliphatic carbocycles. The topological polar surface area (TPSA) is 18.5 Å². The lowest BCUT2D eigenvalue weighted by Gasteiger charge is -2.11. The normalized spacial score (nSPS) is 14.4. The maximum absolute atomic E-state index is 5.36. The number of fused-ring (bicyclic) bond motifs is 1. The molecule has 1 aliphatic rings. The lowest BCUT2D eigenvalue weighted by molar-refractivity contribution is 0.286. The summed E-state index contributed by atoms with van der Waals surface area (Å²) in [4.78, 5) is 0. The van der Waals surface area contributed by atoms with Gasteiger partial charge in [0.15, 0.2) is 0 Å².